The van der Waals surface area contributed by atoms with Gasteiger partial charge >= 0.3 is 0 Å². The van der Waals surface area contributed by atoms with Crippen molar-refractivity contribution in [3.05, 3.63) is 101 Å². The molecule has 146 valence electrons. The van der Waals surface area contributed by atoms with Crippen molar-refractivity contribution in [2.75, 3.05) is 5.32 Å². The minimum atomic E-state index is -0.465. The molecular weight excluding hydrogens is 396 g/mol. The molecule has 4 aromatic rings. The van der Waals surface area contributed by atoms with E-state index >= 15 is 0 Å². The van der Waals surface area contributed by atoms with Crippen LogP contribution in [0, 0.1) is 11.3 Å². The Kier molecular flexibility index (Phi) is 5.60. The van der Waals surface area contributed by atoms with Crippen LogP contribution in [0.15, 0.2) is 84.7 Å². The summed E-state index contributed by atoms with van der Waals surface area (Å²) in [5.74, 6) is -0.465. The van der Waals surface area contributed by atoms with Crippen LogP contribution in [0.1, 0.15) is 11.1 Å². The average Bonchev–Trinajstić information content (AvgIpc) is 3.21. The quantitative estimate of drug-likeness (QED) is 0.358. The van der Waals surface area contributed by atoms with Gasteiger partial charge in [-0.1, -0.05) is 66.2 Å². The Morgan fingerprint density at radius 2 is 1.87 bits per heavy atom. The summed E-state index contributed by atoms with van der Waals surface area (Å²) in [5.41, 5.74) is 2.26. The number of nitrogens with one attached hydrogen (secondary N) is 1. The van der Waals surface area contributed by atoms with E-state index in [1.165, 1.54) is 6.08 Å². The standard InChI is InChI=1S/C24H17ClN4O/c25-22-10-4-2-7-19(22)16-29-15-17(14-27-29)12-20(13-26)24(30)28-23-11-5-8-18-6-1-3-9-21(18)23/h1-12,14-15H,16H2,(H,28,30)/b20-12+. The average molecular weight is 413 g/mol. The van der Waals surface area contributed by atoms with Crippen molar-refractivity contribution in [3.8, 4) is 6.07 Å². The Morgan fingerprint density at radius 3 is 2.70 bits per heavy atom. The number of nitriles is 1. The predicted octanol–water partition coefficient (Wildman–Crippen LogP) is 5.28. The van der Waals surface area contributed by atoms with Gasteiger partial charge in [-0.05, 0) is 29.2 Å². The second-order valence-electron chi connectivity index (χ2n) is 6.71. The summed E-state index contributed by atoms with van der Waals surface area (Å²) in [6, 6.07) is 22.9. The number of nitrogens with zero attached hydrogens (tertiary/aromatic N) is 3. The van der Waals surface area contributed by atoms with Gasteiger partial charge in [-0.2, -0.15) is 10.4 Å². The zero-order valence-electron chi connectivity index (χ0n) is 15.9. The number of hydrogen-bond acceptors (Lipinski definition) is 3. The first-order valence-corrected chi connectivity index (χ1v) is 9.68. The van der Waals surface area contributed by atoms with Crippen LogP contribution >= 0.6 is 11.6 Å². The fraction of sp³-hybridized carbons (Fsp3) is 0.0417. The second-order valence-corrected chi connectivity index (χ2v) is 7.12. The van der Waals surface area contributed by atoms with E-state index in [1.54, 1.807) is 17.1 Å². The van der Waals surface area contributed by atoms with Crippen LogP contribution in [-0.2, 0) is 11.3 Å². The molecule has 0 aliphatic carbocycles. The number of aromatic nitrogens is 2. The van der Waals surface area contributed by atoms with Gasteiger partial charge in [0.2, 0.25) is 0 Å². The summed E-state index contributed by atoms with van der Waals surface area (Å²) >= 11 is 6.20. The van der Waals surface area contributed by atoms with Crippen LogP contribution in [-0.4, -0.2) is 15.7 Å². The molecule has 1 aromatic heterocycles. The highest BCUT2D eigenvalue weighted by Gasteiger charge is 2.12. The van der Waals surface area contributed by atoms with E-state index in [0.29, 0.717) is 22.8 Å². The monoisotopic (exact) mass is 412 g/mol. The zero-order valence-corrected chi connectivity index (χ0v) is 16.7. The van der Waals surface area contributed by atoms with Crippen LogP contribution in [0.5, 0.6) is 0 Å². The summed E-state index contributed by atoms with van der Waals surface area (Å²) in [6.45, 7) is 0.498. The predicted molar refractivity (Wildman–Crippen MR) is 119 cm³/mol. The number of amides is 1. The van der Waals surface area contributed by atoms with Crippen molar-refractivity contribution in [3.63, 3.8) is 0 Å². The highest BCUT2D eigenvalue weighted by atomic mass is 35.5. The van der Waals surface area contributed by atoms with Gasteiger partial charge in [-0.15, -0.1) is 0 Å². The van der Waals surface area contributed by atoms with Gasteiger partial charge in [-0.3, -0.25) is 9.48 Å². The SMILES string of the molecule is N#C/C(=C\c1cnn(Cc2ccccc2Cl)c1)C(=O)Nc1cccc2ccccc12. The number of hydrogen-bond donors (Lipinski definition) is 1. The van der Waals surface area contributed by atoms with E-state index in [-0.39, 0.29) is 5.57 Å². The molecule has 0 unspecified atom stereocenters. The van der Waals surface area contributed by atoms with E-state index in [9.17, 15) is 10.1 Å². The van der Waals surface area contributed by atoms with E-state index < -0.39 is 5.91 Å². The molecule has 0 spiro atoms. The molecule has 0 fully saturated rings. The summed E-state index contributed by atoms with van der Waals surface area (Å²) in [5, 5.41) is 19.2. The maximum absolute atomic E-state index is 12.7. The number of halogens is 1. The smallest absolute Gasteiger partial charge is 0.266 e. The third-order valence-electron chi connectivity index (χ3n) is 4.66. The minimum Gasteiger partial charge on any atom is -0.321 e. The van der Waals surface area contributed by atoms with Gasteiger partial charge in [0, 0.05) is 27.9 Å². The molecule has 0 aliphatic heterocycles. The molecule has 0 bridgehead atoms. The normalized spacial score (nSPS) is 11.3. The molecule has 0 radical (unpaired) electrons. The highest BCUT2D eigenvalue weighted by Crippen LogP contribution is 2.23. The number of benzene rings is 3. The number of rotatable bonds is 5. The van der Waals surface area contributed by atoms with E-state index in [0.717, 1.165) is 16.3 Å². The largest absolute Gasteiger partial charge is 0.321 e. The molecule has 1 heterocycles. The van der Waals surface area contributed by atoms with Gasteiger partial charge in [0.05, 0.1) is 12.7 Å². The number of carbonyl (C=O) groups is 1. The van der Waals surface area contributed by atoms with Crippen molar-refractivity contribution in [2.45, 2.75) is 6.54 Å². The van der Waals surface area contributed by atoms with Crippen LogP contribution < -0.4 is 5.32 Å². The van der Waals surface area contributed by atoms with Crippen molar-refractivity contribution in [1.82, 2.24) is 9.78 Å². The maximum atomic E-state index is 12.7. The van der Waals surface area contributed by atoms with E-state index in [4.69, 9.17) is 11.6 Å². The number of carbonyl (C=O) groups excluding carboxylic acids is 1. The van der Waals surface area contributed by atoms with Gasteiger partial charge in [-0.25, -0.2) is 0 Å². The van der Waals surface area contributed by atoms with Crippen molar-refractivity contribution >= 4 is 40.0 Å². The molecule has 30 heavy (non-hydrogen) atoms. The molecule has 5 nitrogen and oxygen atoms in total. The zero-order chi connectivity index (χ0) is 20.9. The van der Waals surface area contributed by atoms with Crippen LogP contribution in [0.2, 0.25) is 5.02 Å². The fourth-order valence-corrected chi connectivity index (χ4v) is 3.38. The first kappa shape index (κ1) is 19.4. The molecular formula is C24H17ClN4O. The molecule has 1 amide bonds. The lowest BCUT2D eigenvalue weighted by Gasteiger charge is -2.08. The lowest BCUT2D eigenvalue weighted by atomic mass is 10.1. The Labute approximate surface area is 178 Å². The minimum absolute atomic E-state index is 0.000211. The van der Waals surface area contributed by atoms with Gasteiger partial charge in [0.25, 0.3) is 5.91 Å². The summed E-state index contributed by atoms with van der Waals surface area (Å²) < 4.78 is 1.71. The molecule has 6 heteroatoms. The van der Waals surface area contributed by atoms with Crippen LogP contribution in [0.4, 0.5) is 5.69 Å². The van der Waals surface area contributed by atoms with Crippen molar-refractivity contribution in [2.24, 2.45) is 0 Å². The topological polar surface area (TPSA) is 70.7 Å². The molecule has 1 N–H and O–H groups in total. The lowest BCUT2D eigenvalue weighted by Crippen LogP contribution is -2.13. The number of anilines is 1. The summed E-state index contributed by atoms with van der Waals surface area (Å²) in [4.78, 5) is 12.7. The molecule has 0 saturated heterocycles. The maximum Gasteiger partial charge on any atom is 0.266 e. The third kappa shape index (κ3) is 4.24. The molecule has 4 rings (SSSR count). The Balaban J connectivity index is 1.54. The first-order valence-electron chi connectivity index (χ1n) is 9.31. The van der Waals surface area contributed by atoms with Gasteiger partial charge in [0.1, 0.15) is 11.6 Å². The first-order chi connectivity index (χ1) is 14.6. The Hall–Kier alpha value is -3.88. The highest BCUT2D eigenvalue weighted by molar-refractivity contribution is 6.31. The molecule has 0 saturated carbocycles. The Morgan fingerprint density at radius 1 is 1.10 bits per heavy atom. The van der Waals surface area contributed by atoms with Crippen LogP contribution in [0.3, 0.4) is 0 Å². The Bertz CT molecular complexity index is 1290. The summed E-state index contributed by atoms with van der Waals surface area (Å²) in [7, 11) is 0. The lowest BCUT2D eigenvalue weighted by molar-refractivity contribution is -0.112. The van der Waals surface area contributed by atoms with E-state index in [2.05, 4.69) is 10.4 Å². The fourth-order valence-electron chi connectivity index (χ4n) is 3.18. The second kappa shape index (κ2) is 8.64. The van der Waals surface area contributed by atoms with Gasteiger partial charge in [0.15, 0.2) is 0 Å². The number of fused-ring (bicyclic) bond motifs is 1. The van der Waals surface area contributed by atoms with Gasteiger partial charge < -0.3 is 5.32 Å². The molecule has 0 aliphatic rings. The summed E-state index contributed by atoms with van der Waals surface area (Å²) in [6.07, 6.45) is 4.90. The van der Waals surface area contributed by atoms with Crippen LogP contribution in [0.25, 0.3) is 16.8 Å². The molecule has 0 atom stereocenters. The van der Waals surface area contributed by atoms with Crippen molar-refractivity contribution < 1.29 is 4.79 Å². The third-order valence-corrected chi connectivity index (χ3v) is 5.03. The van der Waals surface area contributed by atoms with Crippen molar-refractivity contribution in [1.29, 1.82) is 5.26 Å². The van der Waals surface area contributed by atoms with E-state index in [1.807, 2.05) is 72.8 Å². The molecule has 3 aromatic carbocycles.